The van der Waals surface area contributed by atoms with E-state index >= 15 is 0 Å². The third-order valence-electron chi connectivity index (χ3n) is 6.09. The van der Waals surface area contributed by atoms with Crippen molar-refractivity contribution in [2.45, 2.75) is 30.8 Å². The summed E-state index contributed by atoms with van der Waals surface area (Å²) in [5.74, 6) is 0.673. The Hall–Kier alpha value is -1.86. The second-order valence-corrected chi connectivity index (χ2v) is 9.14. The smallest absolute Gasteiger partial charge is 0.233 e. The Morgan fingerprint density at radius 1 is 1.18 bits per heavy atom. The highest BCUT2D eigenvalue weighted by molar-refractivity contribution is 7.99. The van der Waals surface area contributed by atoms with Gasteiger partial charge < -0.3 is 14.4 Å². The molecule has 2 aliphatic heterocycles. The van der Waals surface area contributed by atoms with E-state index < -0.39 is 0 Å². The Morgan fingerprint density at radius 2 is 2.04 bits per heavy atom. The molecule has 6 nitrogen and oxygen atoms in total. The quantitative estimate of drug-likeness (QED) is 0.699. The Morgan fingerprint density at radius 3 is 2.82 bits per heavy atom. The standard InChI is InChI=1S/C21H29N5OS/c1-24-17-22-23-20(24)28-14-19(27)26-13-10-21(16-26)9-5-11-25(15-21)12-8-18-6-3-2-4-7-18/h2-4,6-7,17H,5,8-16H2,1H3/t21-/m1/s1. The molecular weight excluding hydrogens is 370 g/mol. The predicted molar refractivity (Wildman–Crippen MR) is 111 cm³/mol. The maximum absolute atomic E-state index is 12.7. The summed E-state index contributed by atoms with van der Waals surface area (Å²) in [6.45, 7) is 5.23. The van der Waals surface area contributed by atoms with Gasteiger partial charge in [0.1, 0.15) is 6.33 Å². The minimum Gasteiger partial charge on any atom is -0.341 e. The second-order valence-electron chi connectivity index (χ2n) is 8.19. The third-order valence-corrected chi connectivity index (χ3v) is 7.10. The highest BCUT2D eigenvalue weighted by Gasteiger charge is 2.42. The van der Waals surface area contributed by atoms with Crippen molar-refractivity contribution in [2.75, 3.05) is 38.5 Å². The van der Waals surface area contributed by atoms with E-state index in [2.05, 4.69) is 50.3 Å². The number of likely N-dealkylation sites (tertiary alicyclic amines) is 2. The topological polar surface area (TPSA) is 54.3 Å². The first kappa shape index (κ1) is 19.5. The summed E-state index contributed by atoms with van der Waals surface area (Å²) >= 11 is 1.48. The largest absolute Gasteiger partial charge is 0.341 e. The number of rotatable bonds is 6. The summed E-state index contributed by atoms with van der Waals surface area (Å²) in [5.41, 5.74) is 1.70. The van der Waals surface area contributed by atoms with Crippen LogP contribution in [0.5, 0.6) is 0 Å². The fourth-order valence-electron chi connectivity index (χ4n) is 4.53. The van der Waals surface area contributed by atoms with Crippen molar-refractivity contribution in [3.8, 4) is 0 Å². The van der Waals surface area contributed by atoms with Crippen LogP contribution in [0.4, 0.5) is 0 Å². The van der Waals surface area contributed by atoms with Crippen LogP contribution in [0, 0.1) is 5.41 Å². The molecule has 1 aromatic carbocycles. The minimum absolute atomic E-state index is 0.228. The summed E-state index contributed by atoms with van der Waals surface area (Å²) in [6, 6.07) is 10.7. The van der Waals surface area contributed by atoms with Gasteiger partial charge in [-0.05, 0) is 37.8 Å². The molecule has 0 radical (unpaired) electrons. The average Bonchev–Trinajstić information content (AvgIpc) is 3.32. The average molecular weight is 400 g/mol. The van der Waals surface area contributed by atoms with Gasteiger partial charge in [0.2, 0.25) is 5.91 Å². The normalized spacial score (nSPS) is 22.8. The zero-order valence-corrected chi connectivity index (χ0v) is 17.4. The van der Waals surface area contributed by atoms with Crippen molar-refractivity contribution in [2.24, 2.45) is 12.5 Å². The van der Waals surface area contributed by atoms with Gasteiger partial charge in [0.05, 0.1) is 5.75 Å². The number of hydrogen-bond donors (Lipinski definition) is 0. The van der Waals surface area contributed by atoms with E-state index in [1.54, 1.807) is 6.33 Å². The lowest BCUT2D eigenvalue weighted by atomic mass is 9.79. The Kier molecular flexibility index (Phi) is 6.01. The molecule has 0 saturated carbocycles. The second kappa shape index (κ2) is 8.66. The number of benzene rings is 1. The molecule has 28 heavy (non-hydrogen) atoms. The fraction of sp³-hybridized carbons (Fsp3) is 0.571. The van der Waals surface area contributed by atoms with Crippen molar-refractivity contribution in [1.29, 1.82) is 0 Å². The van der Waals surface area contributed by atoms with Gasteiger partial charge in [0, 0.05) is 38.6 Å². The fourth-order valence-corrected chi connectivity index (χ4v) is 5.33. The summed E-state index contributed by atoms with van der Waals surface area (Å²) in [6.07, 6.45) is 6.40. The molecule has 7 heteroatoms. The highest BCUT2D eigenvalue weighted by atomic mass is 32.2. The molecule has 1 amide bonds. The maximum Gasteiger partial charge on any atom is 0.233 e. The summed E-state index contributed by atoms with van der Waals surface area (Å²) < 4.78 is 1.86. The van der Waals surface area contributed by atoms with Crippen LogP contribution in [0.3, 0.4) is 0 Å². The molecule has 150 valence electrons. The van der Waals surface area contributed by atoms with Crippen molar-refractivity contribution >= 4 is 17.7 Å². The number of amides is 1. The molecule has 2 fully saturated rings. The van der Waals surface area contributed by atoms with Gasteiger partial charge in [-0.3, -0.25) is 4.79 Å². The van der Waals surface area contributed by atoms with Gasteiger partial charge in [-0.2, -0.15) is 0 Å². The maximum atomic E-state index is 12.7. The zero-order valence-electron chi connectivity index (χ0n) is 16.6. The van der Waals surface area contributed by atoms with E-state index in [4.69, 9.17) is 0 Å². The lowest BCUT2D eigenvalue weighted by Crippen LogP contribution is -2.46. The highest BCUT2D eigenvalue weighted by Crippen LogP contribution is 2.39. The van der Waals surface area contributed by atoms with E-state index in [1.165, 1.54) is 36.7 Å². The van der Waals surface area contributed by atoms with E-state index in [9.17, 15) is 4.79 Å². The monoisotopic (exact) mass is 399 g/mol. The number of aromatic nitrogens is 3. The van der Waals surface area contributed by atoms with Crippen LogP contribution < -0.4 is 0 Å². The molecule has 4 rings (SSSR count). The molecule has 0 aliphatic carbocycles. The Labute approximate surface area is 171 Å². The molecule has 3 heterocycles. The Bertz CT molecular complexity index is 795. The van der Waals surface area contributed by atoms with Gasteiger partial charge in [-0.25, -0.2) is 0 Å². The number of hydrogen-bond acceptors (Lipinski definition) is 5. The first-order valence-electron chi connectivity index (χ1n) is 10.1. The zero-order chi connectivity index (χ0) is 19.4. The van der Waals surface area contributed by atoms with Crippen LogP contribution in [0.15, 0.2) is 41.8 Å². The van der Waals surface area contributed by atoms with Crippen LogP contribution in [-0.4, -0.2) is 68.9 Å². The van der Waals surface area contributed by atoms with E-state index in [0.717, 1.165) is 44.2 Å². The van der Waals surface area contributed by atoms with Crippen molar-refractivity contribution < 1.29 is 4.79 Å². The molecule has 0 bridgehead atoms. The Balaban J connectivity index is 1.28. The van der Waals surface area contributed by atoms with Crippen LogP contribution in [0.2, 0.25) is 0 Å². The van der Waals surface area contributed by atoms with E-state index in [0.29, 0.717) is 11.2 Å². The minimum atomic E-state index is 0.228. The summed E-state index contributed by atoms with van der Waals surface area (Å²) in [4.78, 5) is 17.4. The summed E-state index contributed by atoms with van der Waals surface area (Å²) in [5, 5.41) is 8.72. The molecule has 0 N–H and O–H groups in total. The van der Waals surface area contributed by atoms with Crippen molar-refractivity contribution in [3.63, 3.8) is 0 Å². The van der Waals surface area contributed by atoms with Crippen LogP contribution in [-0.2, 0) is 18.3 Å². The number of aryl methyl sites for hydroxylation is 1. The number of piperidine rings is 1. The van der Waals surface area contributed by atoms with E-state index in [-0.39, 0.29) is 5.91 Å². The predicted octanol–water partition coefficient (Wildman–Crippen LogP) is 2.46. The van der Waals surface area contributed by atoms with Crippen LogP contribution >= 0.6 is 11.8 Å². The molecule has 1 spiro atoms. The molecule has 1 aromatic heterocycles. The van der Waals surface area contributed by atoms with Crippen molar-refractivity contribution in [1.82, 2.24) is 24.6 Å². The van der Waals surface area contributed by atoms with Crippen LogP contribution in [0.25, 0.3) is 0 Å². The van der Waals surface area contributed by atoms with Gasteiger partial charge in [-0.1, -0.05) is 42.1 Å². The van der Waals surface area contributed by atoms with Crippen LogP contribution in [0.1, 0.15) is 24.8 Å². The lowest BCUT2D eigenvalue weighted by Gasteiger charge is -2.40. The number of thioether (sulfide) groups is 1. The van der Waals surface area contributed by atoms with E-state index in [1.807, 2.05) is 11.6 Å². The molecule has 2 aromatic rings. The SMILES string of the molecule is Cn1cnnc1SCC(=O)N1CC[C@@]2(CCCN(CCc3ccccc3)C2)C1. The molecule has 1 atom stereocenters. The summed E-state index contributed by atoms with van der Waals surface area (Å²) in [7, 11) is 1.91. The first-order chi connectivity index (χ1) is 13.6. The number of nitrogens with zero attached hydrogens (tertiary/aromatic N) is 5. The number of carbonyl (C=O) groups excluding carboxylic acids is 1. The number of carbonyl (C=O) groups is 1. The van der Waals surface area contributed by atoms with Gasteiger partial charge in [0.25, 0.3) is 0 Å². The molecule has 2 aliphatic rings. The molecule has 0 unspecified atom stereocenters. The lowest BCUT2D eigenvalue weighted by molar-refractivity contribution is -0.127. The van der Waals surface area contributed by atoms with Gasteiger partial charge in [0.15, 0.2) is 5.16 Å². The first-order valence-corrected chi connectivity index (χ1v) is 11.1. The molecule has 2 saturated heterocycles. The van der Waals surface area contributed by atoms with Crippen molar-refractivity contribution in [3.05, 3.63) is 42.2 Å². The van der Waals surface area contributed by atoms with Gasteiger partial charge in [-0.15, -0.1) is 10.2 Å². The third kappa shape index (κ3) is 4.58. The molecular formula is C21H29N5OS. The van der Waals surface area contributed by atoms with Gasteiger partial charge >= 0.3 is 0 Å².